The molecule has 9 aliphatic rings. The molecule has 29 atom stereocenters. The van der Waals surface area contributed by atoms with Gasteiger partial charge in [0.25, 0.3) is 0 Å². The number of hydrogen-bond acceptors (Lipinski definition) is 23. The van der Waals surface area contributed by atoms with E-state index in [4.69, 9.17) is 37.9 Å². The average molecular weight is 1120 g/mol. The third kappa shape index (κ3) is 9.76. The van der Waals surface area contributed by atoms with Crippen molar-refractivity contribution in [1.29, 1.82) is 0 Å². The molecular weight excluding hydrogens is 1030 g/mol. The van der Waals surface area contributed by atoms with Crippen LogP contribution >= 0.6 is 0 Å². The zero-order valence-electron chi connectivity index (χ0n) is 45.6. The Bertz CT molecular complexity index is 2140. The predicted octanol–water partition coefficient (Wildman–Crippen LogP) is -2.50. The molecule has 24 heteroatoms. The molecule has 4 heterocycles. The Hall–Kier alpha value is -1.67. The zero-order valence-corrected chi connectivity index (χ0v) is 45.6. The number of carboxylic acid groups (broad SMARTS) is 1. The second-order valence-electron chi connectivity index (χ2n) is 26.4. The SMILES string of the molecule is CC1(C)CC[C@]2(C(=O)O)CC[C@]3(C)C(=CC[C@@H]4[C@@]5(C)C[C@@H](O[C@@H]6O[C@H](CO)[C@@H](O[C@@H]7O[C@H](CO)[C@H](O)[C@H](O)[C@H]7O)[C@H](O)[C@H]6O)[C@H](O[C@@H]6O[C@H](CO)[C@@H](O[C@@H]7O[C@H](CO)[C@H](O)[C@H](O)[C@H]7O)[C@H](O)[C@H]6O)C(C)(C)[C@@H]5CC[C@]43C)[C@@H]2C1. The van der Waals surface area contributed by atoms with Crippen molar-refractivity contribution >= 4 is 5.97 Å². The van der Waals surface area contributed by atoms with Gasteiger partial charge in [0.1, 0.15) is 97.7 Å². The minimum absolute atomic E-state index is 0.0421. The van der Waals surface area contributed by atoms with Gasteiger partial charge in [0.2, 0.25) is 0 Å². The normalized spacial score (nSPS) is 53.9. The van der Waals surface area contributed by atoms with Gasteiger partial charge in [0.15, 0.2) is 25.2 Å². The summed E-state index contributed by atoms with van der Waals surface area (Å²) in [6.45, 7) is 12.0. The molecule has 15 N–H and O–H groups in total. The first-order valence-electron chi connectivity index (χ1n) is 27.9. The molecule has 4 aliphatic heterocycles. The van der Waals surface area contributed by atoms with Gasteiger partial charge in [-0.15, -0.1) is 0 Å². The van der Waals surface area contributed by atoms with E-state index in [9.17, 15) is 81.4 Å². The summed E-state index contributed by atoms with van der Waals surface area (Å²) >= 11 is 0. The number of aliphatic carboxylic acids is 1. The topological polar surface area (TPSA) is 394 Å². The molecule has 5 aliphatic carbocycles. The average Bonchev–Trinajstić information content (AvgIpc) is 3.43. The highest BCUT2D eigenvalue weighted by molar-refractivity contribution is 5.76. The van der Waals surface area contributed by atoms with E-state index in [1.807, 2.05) is 13.8 Å². The summed E-state index contributed by atoms with van der Waals surface area (Å²) in [5, 5.41) is 163. The fraction of sp³-hybridized carbons (Fsp3) is 0.944. The quantitative estimate of drug-likeness (QED) is 0.0670. The molecule has 0 aromatic heterocycles. The van der Waals surface area contributed by atoms with Gasteiger partial charge in [0.05, 0.1) is 44.1 Å². The van der Waals surface area contributed by atoms with Crippen molar-refractivity contribution in [2.75, 3.05) is 26.4 Å². The first-order chi connectivity index (χ1) is 36.5. The minimum Gasteiger partial charge on any atom is -0.481 e. The largest absolute Gasteiger partial charge is 0.481 e. The number of carboxylic acids is 1. The molecule has 0 aromatic rings. The molecule has 0 amide bonds. The summed E-state index contributed by atoms with van der Waals surface area (Å²) in [5.41, 5.74) is -2.03. The molecule has 0 aromatic carbocycles. The fourth-order valence-corrected chi connectivity index (χ4v) is 16.8. The maximum absolute atomic E-state index is 13.4. The molecule has 0 unspecified atom stereocenters. The third-order valence-corrected chi connectivity index (χ3v) is 21.4. The number of hydrogen-bond donors (Lipinski definition) is 15. The number of carbonyl (C=O) groups is 1. The van der Waals surface area contributed by atoms with Crippen LogP contribution in [0.5, 0.6) is 0 Å². The van der Waals surface area contributed by atoms with Crippen molar-refractivity contribution in [3.63, 3.8) is 0 Å². The number of rotatable bonds is 13. The van der Waals surface area contributed by atoms with Crippen molar-refractivity contribution in [2.24, 2.45) is 50.2 Å². The monoisotopic (exact) mass is 1120 g/mol. The van der Waals surface area contributed by atoms with Gasteiger partial charge in [-0.2, -0.15) is 0 Å². The van der Waals surface area contributed by atoms with Crippen LogP contribution in [0.4, 0.5) is 0 Å². The lowest BCUT2D eigenvalue weighted by molar-refractivity contribution is -0.388. The summed E-state index contributed by atoms with van der Waals surface area (Å²) in [5.74, 6) is -1.10. The molecule has 0 radical (unpaired) electrons. The van der Waals surface area contributed by atoms with E-state index >= 15 is 0 Å². The summed E-state index contributed by atoms with van der Waals surface area (Å²) in [6.07, 6.45) is -28.9. The van der Waals surface area contributed by atoms with Crippen LogP contribution in [-0.4, -0.2) is 244 Å². The number of aliphatic hydroxyl groups excluding tert-OH is 14. The van der Waals surface area contributed by atoms with Crippen LogP contribution < -0.4 is 0 Å². The van der Waals surface area contributed by atoms with Crippen LogP contribution in [0, 0.1) is 50.2 Å². The van der Waals surface area contributed by atoms with Crippen LogP contribution in [-0.2, 0) is 42.7 Å². The summed E-state index contributed by atoms with van der Waals surface area (Å²) in [7, 11) is 0. The first kappa shape index (κ1) is 60.9. The highest BCUT2D eigenvalue weighted by atomic mass is 16.8. The Kier molecular flexibility index (Phi) is 17.2. The van der Waals surface area contributed by atoms with Crippen LogP contribution in [0.15, 0.2) is 11.6 Å². The Balaban J connectivity index is 1.04. The Morgan fingerprint density at radius 3 is 1.46 bits per heavy atom. The molecule has 0 spiro atoms. The molecular formula is C54H88O24. The highest BCUT2D eigenvalue weighted by Crippen LogP contribution is 2.76. The number of ether oxygens (including phenoxy) is 8. The maximum Gasteiger partial charge on any atom is 0.310 e. The Labute approximate surface area is 453 Å². The molecule has 78 heavy (non-hydrogen) atoms. The zero-order chi connectivity index (χ0) is 57.1. The van der Waals surface area contributed by atoms with Crippen LogP contribution in [0.1, 0.15) is 106 Å². The van der Waals surface area contributed by atoms with E-state index in [2.05, 4.69) is 40.7 Å². The number of allylic oxidation sites excluding steroid dienone is 2. The van der Waals surface area contributed by atoms with E-state index in [0.717, 1.165) is 19.3 Å². The lowest BCUT2D eigenvalue weighted by Gasteiger charge is -2.72. The van der Waals surface area contributed by atoms with Gasteiger partial charge in [-0.25, -0.2) is 0 Å². The van der Waals surface area contributed by atoms with Crippen molar-refractivity contribution in [2.45, 2.75) is 241 Å². The lowest BCUT2D eigenvalue weighted by Crippen LogP contribution is -2.70. The lowest BCUT2D eigenvalue weighted by atomic mass is 9.33. The number of aliphatic hydroxyl groups is 14. The Morgan fingerprint density at radius 2 is 0.974 bits per heavy atom. The van der Waals surface area contributed by atoms with Gasteiger partial charge in [0, 0.05) is 0 Å². The molecule has 448 valence electrons. The van der Waals surface area contributed by atoms with Gasteiger partial charge >= 0.3 is 5.97 Å². The van der Waals surface area contributed by atoms with Gasteiger partial charge in [-0.05, 0) is 103 Å². The van der Waals surface area contributed by atoms with Gasteiger partial charge < -0.3 is 114 Å². The van der Waals surface area contributed by atoms with E-state index in [1.54, 1.807) is 0 Å². The molecule has 4 saturated carbocycles. The van der Waals surface area contributed by atoms with Crippen LogP contribution in [0.2, 0.25) is 0 Å². The molecule has 9 rings (SSSR count). The summed E-state index contributed by atoms with van der Waals surface area (Å²) in [4.78, 5) is 13.4. The van der Waals surface area contributed by atoms with Crippen molar-refractivity contribution in [1.82, 2.24) is 0 Å². The van der Waals surface area contributed by atoms with E-state index < -0.39 is 189 Å². The van der Waals surface area contributed by atoms with Gasteiger partial charge in [-0.3, -0.25) is 4.79 Å². The van der Waals surface area contributed by atoms with E-state index in [-0.39, 0.29) is 35.0 Å². The first-order valence-corrected chi connectivity index (χ1v) is 27.9. The van der Waals surface area contributed by atoms with Crippen LogP contribution in [0.3, 0.4) is 0 Å². The second-order valence-corrected chi connectivity index (χ2v) is 26.4. The second kappa shape index (κ2) is 22.1. The Morgan fingerprint density at radius 1 is 0.526 bits per heavy atom. The van der Waals surface area contributed by atoms with Crippen LogP contribution in [0.25, 0.3) is 0 Å². The minimum atomic E-state index is -1.94. The molecule has 4 saturated heterocycles. The van der Waals surface area contributed by atoms with Crippen molar-refractivity contribution < 1.29 is 119 Å². The van der Waals surface area contributed by atoms with E-state index in [1.165, 1.54) is 5.57 Å². The molecule has 24 nitrogen and oxygen atoms in total. The third-order valence-electron chi connectivity index (χ3n) is 21.4. The fourth-order valence-electron chi connectivity index (χ4n) is 16.8. The van der Waals surface area contributed by atoms with Crippen molar-refractivity contribution in [3.8, 4) is 0 Å². The number of fused-ring (bicyclic) bond motifs is 7. The maximum atomic E-state index is 13.4. The van der Waals surface area contributed by atoms with E-state index in [0.29, 0.717) is 32.1 Å². The standard InChI is InChI=1S/C54H88O24/c1-49(2)12-14-54(48(69)70)15-13-52(6)22(23(54)16-49)8-9-30-51(5)17-24(71-44-39(67)35(63)41(27(20-57)74-44)76-45-37(65)33(61)31(59)25(18-55)72-45)43(50(3,4)29(51)10-11-53(30,52)7)78-47-40(68)36(64)42(28(21-58)75-47)77-46-38(66)34(62)32(60)26(19-56)73-46/h8,23-47,55-68H,9-21H2,1-7H3,(H,69,70)/t23-,24+,25+,26+,27+,28+,29-,30+,31-,32-,33-,34-,35+,36+,37+,38+,39+,40+,41+,42+,43-,44+,45-,46-,47-,51-,52+,53+,54-/m0/s1. The predicted molar refractivity (Wildman–Crippen MR) is 265 cm³/mol. The van der Waals surface area contributed by atoms with Crippen molar-refractivity contribution in [3.05, 3.63) is 11.6 Å². The van der Waals surface area contributed by atoms with Gasteiger partial charge in [-0.1, -0.05) is 60.1 Å². The smallest absolute Gasteiger partial charge is 0.310 e. The summed E-state index contributed by atoms with van der Waals surface area (Å²) < 4.78 is 48.8. The molecule has 0 bridgehead atoms. The molecule has 8 fully saturated rings. The highest BCUT2D eigenvalue weighted by Gasteiger charge is 2.71. The summed E-state index contributed by atoms with van der Waals surface area (Å²) in [6, 6.07) is 0.